The Balaban J connectivity index is 1.68. The van der Waals surface area contributed by atoms with Crippen molar-refractivity contribution < 1.29 is 17.9 Å². The van der Waals surface area contributed by atoms with Gasteiger partial charge in [0.15, 0.2) is 0 Å². The second-order valence-electron chi connectivity index (χ2n) is 6.33. The predicted molar refractivity (Wildman–Crippen MR) is 115 cm³/mol. The summed E-state index contributed by atoms with van der Waals surface area (Å²) >= 11 is 1.58. The van der Waals surface area contributed by atoms with Crippen LogP contribution in [0.3, 0.4) is 0 Å². The molecule has 152 valence electrons. The highest BCUT2D eigenvalue weighted by molar-refractivity contribution is 7.92. The summed E-state index contributed by atoms with van der Waals surface area (Å²) < 4.78 is 33.1. The van der Waals surface area contributed by atoms with Crippen molar-refractivity contribution in [3.8, 4) is 5.75 Å². The summed E-state index contributed by atoms with van der Waals surface area (Å²) in [5, 5.41) is 1.96. The zero-order valence-electron chi connectivity index (χ0n) is 16.2. The van der Waals surface area contributed by atoms with E-state index in [4.69, 9.17) is 4.74 Å². The molecule has 1 N–H and O–H groups in total. The SMILES string of the molecule is CCOc1ccc(NS(=O)(=O)c2ccc(C(=O)N(C)Cc3cccs3)cc2)cc1. The minimum atomic E-state index is -3.76. The van der Waals surface area contributed by atoms with Gasteiger partial charge in [0.2, 0.25) is 0 Å². The third-order valence-corrected chi connectivity index (χ3v) is 6.41. The highest BCUT2D eigenvalue weighted by Crippen LogP contribution is 2.20. The Hall–Kier alpha value is -2.84. The summed E-state index contributed by atoms with van der Waals surface area (Å²) in [6.45, 7) is 2.93. The van der Waals surface area contributed by atoms with Gasteiger partial charge in [-0.3, -0.25) is 9.52 Å². The molecule has 0 unspecified atom stereocenters. The van der Waals surface area contributed by atoms with Crippen LogP contribution in [0.2, 0.25) is 0 Å². The maximum absolute atomic E-state index is 12.6. The fourth-order valence-electron chi connectivity index (χ4n) is 2.71. The number of thiophene rings is 1. The Labute approximate surface area is 174 Å². The summed E-state index contributed by atoms with van der Waals surface area (Å²) in [5.41, 5.74) is 0.869. The van der Waals surface area contributed by atoms with E-state index in [2.05, 4.69) is 4.72 Å². The maximum Gasteiger partial charge on any atom is 0.261 e. The van der Waals surface area contributed by atoms with Crippen molar-refractivity contribution in [1.82, 2.24) is 4.90 Å². The minimum absolute atomic E-state index is 0.0869. The summed E-state index contributed by atoms with van der Waals surface area (Å²) in [4.78, 5) is 15.3. The largest absolute Gasteiger partial charge is 0.494 e. The third-order valence-electron chi connectivity index (χ3n) is 4.15. The van der Waals surface area contributed by atoms with E-state index in [-0.39, 0.29) is 10.8 Å². The van der Waals surface area contributed by atoms with Crippen molar-refractivity contribution in [2.75, 3.05) is 18.4 Å². The Morgan fingerprint density at radius 2 is 1.76 bits per heavy atom. The maximum atomic E-state index is 12.6. The number of ether oxygens (including phenoxy) is 1. The van der Waals surface area contributed by atoms with Gasteiger partial charge in [-0.15, -0.1) is 11.3 Å². The molecule has 0 atom stereocenters. The number of rotatable bonds is 8. The highest BCUT2D eigenvalue weighted by Gasteiger charge is 2.17. The van der Waals surface area contributed by atoms with E-state index in [9.17, 15) is 13.2 Å². The lowest BCUT2D eigenvalue weighted by Gasteiger charge is -2.16. The van der Waals surface area contributed by atoms with E-state index in [0.29, 0.717) is 30.2 Å². The zero-order chi connectivity index (χ0) is 20.9. The predicted octanol–water partition coefficient (Wildman–Crippen LogP) is 4.22. The summed E-state index contributed by atoms with van der Waals surface area (Å²) in [5.74, 6) is 0.506. The van der Waals surface area contributed by atoms with Crippen LogP contribution in [0.15, 0.2) is 70.9 Å². The molecule has 0 aliphatic rings. The van der Waals surface area contributed by atoms with Crippen molar-refractivity contribution in [3.05, 3.63) is 76.5 Å². The first-order valence-electron chi connectivity index (χ1n) is 9.02. The van der Waals surface area contributed by atoms with E-state index in [1.807, 2.05) is 24.4 Å². The van der Waals surface area contributed by atoms with Gasteiger partial charge in [0.05, 0.1) is 18.0 Å². The average molecular weight is 431 g/mol. The number of nitrogens with zero attached hydrogens (tertiary/aromatic N) is 1. The molecule has 0 aliphatic heterocycles. The Bertz CT molecular complexity index is 1050. The molecule has 0 saturated heterocycles. The van der Waals surface area contributed by atoms with Crippen molar-refractivity contribution in [2.24, 2.45) is 0 Å². The van der Waals surface area contributed by atoms with Crippen LogP contribution in [0, 0.1) is 0 Å². The molecule has 6 nitrogen and oxygen atoms in total. The summed E-state index contributed by atoms with van der Waals surface area (Å²) in [6.07, 6.45) is 0. The number of amides is 1. The quantitative estimate of drug-likeness (QED) is 0.581. The lowest BCUT2D eigenvalue weighted by molar-refractivity contribution is 0.0786. The molecule has 0 radical (unpaired) electrons. The van der Waals surface area contributed by atoms with Crippen LogP contribution >= 0.6 is 11.3 Å². The standard InChI is InChI=1S/C21H22N2O4S2/c1-3-27-18-10-8-17(9-11-18)22-29(25,26)20-12-6-16(7-13-20)21(24)23(2)15-19-5-4-14-28-19/h4-14,22H,3,15H2,1-2H3. The molecule has 0 bridgehead atoms. The van der Waals surface area contributed by atoms with Crippen LogP contribution in [0.4, 0.5) is 5.69 Å². The van der Waals surface area contributed by atoms with Gasteiger partial charge in [0, 0.05) is 23.2 Å². The molecule has 1 heterocycles. The fraction of sp³-hybridized carbons (Fsp3) is 0.190. The number of carbonyl (C=O) groups is 1. The van der Waals surface area contributed by atoms with Crippen molar-refractivity contribution in [3.63, 3.8) is 0 Å². The fourth-order valence-corrected chi connectivity index (χ4v) is 4.52. The number of benzene rings is 2. The average Bonchev–Trinajstić information content (AvgIpc) is 3.22. The normalized spacial score (nSPS) is 11.1. The topological polar surface area (TPSA) is 75.7 Å². The van der Waals surface area contributed by atoms with Crippen LogP contribution in [0.25, 0.3) is 0 Å². The summed E-state index contributed by atoms with van der Waals surface area (Å²) in [6, 6.07) is 16.5. The van der Waals surface area contributed by atoms with Crippen LogP contribution in [0.1, 0.15) is 22.2 Å². The first-order valence-corrected chi connectivity index (χ1v) is 11.4. The highest BCUT2D eigenvalue weighted by atomic mass is 32.2. The van der Waals surface area contributed by atoms with Gasteiger partial charge >= 0.3 is 0 Å². The molecule has 0 saturated carbocycles. The first kappa shape index (κ1) is 20.9. The lowest BCUT2D eigenvalue weighted by atomic mass is 10.2. The van der Waals surface area contributed by atoms with Gasteiger partial charge < -0.3 is 9.64 Å². The molecule has 8 heteroatoms. The summed E-state index contributed by atoms with van der Waals surface area (Å²) in [7, 11) is -2.03. The van der Waals surface area contributed by atoms with Gasteiger partial charge in [0.25, 0.3) is 15.9 Å². The Morgan fingerprint density at radius 1 is 1.07 bits per heavy atom. The van der Waals surface area contributed by atoms with Gasteiger partial charge in [0.1, 0.15) is 5.75 Å². The monoisotopic (exact) mass is 430 g/mol. The number of hydrogen-bond acceptors (Lipinski definition) is 5. The number of carbonyl (C=O) groups excluding carboxylic acids is 1. The molecule has 1 aromatic heterocycles. The molecule has 1 amide bonds. The molecule has 0 fully saturated rings. The van der Waals surface area contributed by atoms with E-state index < -0.39 is 10.0 Å². The second-order valence-corrected chi connectivity index (χ2v) is 9.04. The minimum Gasteiger partial charge on any atom is -0.494 e. The van der Waals surface area contributed by atoms with Crippen molar-refractivity contribution in [1.29, 1.82) is 0 Å². The van der Waals surface area contributed by atoms with Gasteiger partial charge in [-0.1, -0.05) is 6.07 Å². The number of anilines is 1. The van der Waals surface area contributed by atoms with Gasteiger partial charge in [-0.25, -0.2) is 8.42 Å². The number of nitrogens with one attached hydrogen (secondary N) is 1. The van der Waals surface area contributed by atoms with Gasteiger partial charge in [-0.2, -0.15) is 0 Å². The van der Waals surface area contributed by atoms with Crippen molar-refractivity contribution >= 4 is 33.0 Å². The van der Waals surface area contributed by atoms with E-state index in [1.54, 1.807) is 47.5 Å². The molecule has 0 aliphatic carbocycles. The Kier molecular flexibility index (Phi) is 6.56. The van der Waals surface area contributed by atoms with Crippen LogP contribution < -0.4 is 9.46 Å². The molecule has 3 aromatic rings. The molecule has 3 rings (SSSR count). The van der Waals surface area contributed by atoms with E-state index >= 15 is 0 Å². The van der Waals surface area contributed by atoms with Crippen LogP contribution in [-0.2, 0) is 16.6 Å². The first-order chi connectivity index (χ1) is 13.9. The molecular formula is C21H22N2O4S2. The lowest BCUT2D eigenvalue weighted by Crippen LogP contribution is -2.25. The van der Waals surface area contributed by atoms with Crippen molar-refractivity contribution in [2.45, 2.75) is 18.4 Å². The zero-order valence-corrected chi connectivity index (χ0v) is 17.8. The van der Waals surface area contributed by atoms with Crippen LogP contribution in [-0.4, -0.2) is 32.9 Å². The smallest absolute Gasteiger partial charge is 0.261 e. The molecule has 2 aromatic carbocycles. The molecular weight excluding hydrogens is 408 g/mol. The Morgan fingerprint density at radius 3 is 2.34 bits per heavy atom. The number of hydrogen-bond donors (Lipinski definition) is 1. The molecule has 29 heavy (non-hydrogen) atoms. The van der Waals surface area contributed by atoms with Gasteiger partial charge in [-0.05, 0) is 66.9 Å². The van der Waals surface area contributed by atoms with E-state index in [1.165, 1.54) is 24.3 Å². The molecule has 0 spiro atoms. The van der Waals surface area contributed by atoms with Crippen LogP contribution in [0.5, 0.6) is 5.75 Å². The third kappa shape index (κ3) is 5.36. The second kappa shape index (κ2) is 9.11. The number of sulfonamides is 1. The van der Waals surface area contributed by atoms with E-state index in [0.717, 1.165) is 4.88 Å².